The van der Waals surface area contributed by atoms with Gasteiger partial charge in [-0.15, -0.1) is 0 Å². The lowest BCUT2D eigenvalue weighted by atomic mass is 10.1. The second-order valence-corrected chi connectivity index (χ2v) is 7.02. The van der Waals surface area contributed by atoms with Crippen LogP contribution in [0.4, 0.5) is 17.1 Å². The number of nitro benzene ring substituents is 2. The number of nitrogens with zero attached hydrogens (tertiary/aromatic N) is 3. The van der Waals surface area contributed by atoms with Crippen molar-refractivity contribution >= 4 is 34.7 Å². The van der Waals surface area contributed by atoms with Crippen LogP contribution in [0.25, 0.3) is 0 Å². The van der Waals surface area contributed by atoms with Gasteiger partial charge in [-0.1, -0.05) is 0 Å². The van der Waals surface area contributed by atoms with Crippen molar-refractivity contribution in [1.82, 2.24) is 0 Å². The molecule has 0 aliphatic carbocycles. The molecule has 1 heterocycles. The summed E-state index contributed by atoms with van der Waals surface area (Å²) in [6, 6.07) is 12.9. The fraction of sp³-hybridized carbons (Fsp3) is 0.0455. The van der Waals surface area contributed by atoms with Crippen molar-refractivity contribution in [3.63, 3.8) is 0 Å². The van der Waals surface area contributed by atoms with Gasteiger partial charge in [-0.25, -0.2) is 4.90 Å². The van der Waals surface area contributed by atoms with Gasteiger partial charge in [0.15, 0.2) is 5.78 Å². The van der Waals surface area contributed by atoms with Crippen molar-refractivity contribution in [2.24, 2.45) is 0 Å². The number of benzene rings is 3. The van der Waals surface area contributed by atoms with E-state index in [1.165, 1.54) is 49.4 Å². The Kier molecular flexibility index (Phi) is 5.14. The molecule has 1 aliphatic heterocycles. The van der Waals surface area contributed by atoms with Crippen molar-refractivity contribution in [2.45, 2.75) is 6.92 Å². The molecule has 3 aromatic rings. The van der Waals surface area contributed by atoms with Gasteiger partial charge in [-0.2, -0.15) is 0 Å². The Morgan fingerprint density at radius 1 is 0.848 bits per heavy atom. The summed E-state index contributed by atoms with van der Waals surface area (Å²) in [5.41, 5.74) is -0.260. The van der Waals surface area contributed by atoms with Crippen molar-refractivity contribution in [3.8, 4) is 11.5 Å². The zero-order chi connectivity index (χ0) is 23.9. The van der Waals surface area contributed by atoms with Gasteiger partial charge < -0.3 is 4.74 Å². The topological polar surface area (TPSA) is 150 Å². The van der Waals surface area contributed by atoms with Crippen LogP contribution in [-0.4, -0.2) is 27.4 Å². The number of Topliss-reactive ketones (excluding diaryl/α,β-unsaturated/α-hetero) is 1. The number of non-ortho nitro benzene ring substituents is 1. The molecule has 0 unspecified atom stereocenters. The second kappa shape index (κ2) is 7.96. The number of anilines is 1. The number of hydrogen-bond donors (Lipinski definition) is 0. The minimum atomic E-state index is -0.823. The van der Waals surface area contributed by atoms with E-state index in [1.54, 1.807) is 0 Å². The molecule has 0 fully saturated rings. The fourth-order valence-electron chi connectivity index (χ4n) is 3.34. The highest BCUT2D eigenvalue weighted by atomic mass is 16.6. The highest BCUT2D eigenvalue weighted by Gasteiger charge is 2.37. The summed E-state index contributed by atoms with van der Waals surface area (Å²) < 4.78 is 5.51. The summed E-state index contributed by atoms with van der Waals surface area (Å²) in [6.45, 7) is 1.40. The van der Waals surface area contributed by atoms with Crippen LogP contribution in [0.2, 0.25) is 0 Å². The number of rotatable bonds is 6. The third-order valence-corrected chi connectivity index (χ3v) is 4.97. The first kappa shape index (κ1) is 21.3. The second-order valence-electron chi connectivity index (χ2n) is 7.02. The van der Waals surface area contributed by atoms with Gasteiger partial charge in [-0.3, -0.25) is 34.6 Å². The molecule has 0 spiro atoms. The van der Waals surface area contributed by atoms with E-state index in [-0.39, 0.29) is 34.1 Å². The van der Waals surface area contributed by atoms with E-state index in [0.717, 1.165) is 23.1 Å². The Morgan fingerprint density at radius 3 is 2.12 bits per heavy atom. The summed E-state index contributed by atoms with van der Waals surface area (Å²) >= 11 is 0. The lowest BCUT2D eigenvalue weighted by Crippen LogP contribution is -2.29. The van der Waals surface area contributed by atoms with E-state index in [9.17, 15) is 34.6 Å². The van der Waals surface area contributed by atoms with Gasteiger partial charge in [0.2, 0.25) is 5.75 Å². The third-order valence-electron chi connectivity index (χ3n) is 4.97. The van der Waals surface area contributed by atoms with Gasteiger partial charge >= 0.3 is 5.69 Å². The lowest BCUT2D eigenvalue weighted by Gasteiger charge is -2.13. The number of hydrogen-bond acceptors (Lipinski definition) is 8. The molecule has 1 aliphatic rings. The number of amides is 2. The van der Waals surface area contributed by atoms with Crippen molar-refractivity contribution < 1.29 is 29.0 Å². The standard InChI is InChI=1S/C22H13N3O8/c1-12(26)13-2-4-14(5-3-13)23-21(27)17-8-7-16(11-18(17)22(23)28)33-20-9-6-15(24(29)30)10-19(20)25(31)32/h2-11H,1H3. The molecule has 0 aromatic heterocycles. The Balaban J connectivity index is 1.66. The Bertz CT molecular complexity index is 1360. The smallest absolute Gasteiger partial charge is 0.318 e. The van der Waals surface area contributed by atoms with Gasteiger partial charge in [0.05, 0.1) is 32.7 Å². The van der Waals surface area contributed by atoms with Crippen LogP contribution in [0, 0.1) is 20.2 Å². The molecule has 0 bridgehead atoms. The fourth-order valence-corrected chi connectivity index (χ4v) is 3.34. The third kappa shape index (κ3) is 3.78. The minimum Gasteiger partial charge on any atom is -0.450 e. The Labute approximate surface area is 185 Å². The summed E-state index contributed by atoms with van der Waals surface area (Å²) in [4.78, 5) is 58.7. The summed E-state index contributed by atoms with van der Waals surface area (Å²) in [5.74, 6) is -1.60. The normalized spacial score (nSPS) is 12.5. The SMILES string of the molecule is CC(=O)c1ccc(N2C(=O)c3ccc(Oc4ccc([N+](=O)[O-])cc4[N+](=O)[O-])cc3C2=O)cc1. The lowest BCUT2D eigenvalue weighted by molar-refractivity contribution is -0.394. The van der Waals surface area contributed by atoms with Crippen LogP contribution in [0.3, 0.4) is 0 Å². The van der Waals surface area contributed by atoms with E-state index in [1.807, 2.05) is 0 Å². The first-order valence-electron chi connectivity index (χ1n) is 9.42. The molecular formula is C22H13N3O8. The molecule has 0 N–H and O–H groups in total. The van der Waals surface area contributed by atoms with E-state index < -0.39 is 33.0 Å². The zero-order valence-electron chi connectivity index (χ0n) is 16.9. The average molecular weight is 447 g/mol. The summed E-state index contributed by atoms with van der Waals surface area (Å²) in [7, 11) is 0. The Morgan fingerprint density at radius 2 is 1.52 bits per heavy atom. The maximum Gasteiger partial charge on any atom is 0.318 e. The number of ether oxygens (including phenoxy) is 1. The molecule has 0 atom stereocenters. The van der Waals surface area contributed by atoms with Crippen molar-refractivity contribution in [1.29, 1.82) is 0 Å². The molecule has 164 valence electrons. The number of fused-ring (bicyclic) bond motifs is 1. The first-order chi connectivity index (χ1) is 15.7. The van der Waals surface area contributed by atoms with Crippen molar-refractivity contribution in [3.05, 3.63) is 97.6 Å². The first-order valence-corrected chi connectivity index (χ1v) is 9.42. The molecule has 3 aromatic carbocycles. The summed E-state index contributed by atoms with van der Waals surface area (Å²) in [6.07, 6.45) is 0. The maximum atomic E-state index is 12.9. The molecule has 11 heteroatoms. The molecule has 0 radical (unpaired) electrons. The monoisotopic (exact) mass is 447 g/mol. The van der Waals surface area contributed by atoms with Gasteiger partial charge in [0.25, 0.3) is 17.5 Å². The molecule has 33 heavy (non-hydrogen) atoms. The van der Waals surface area contributed by atoms with E-state index in [0.29, 0.717) is 5.56 Å². The van der Waals surface area contributed by atoms with Crippen LogP contribution in [0.5, 0.6) is 11.5 Å². The molecule has 4 rings (SSSR count). The van der Waals surface area contributed by atoms with Crippen molar-refractivity contribution in [2.75, 3.05) is 4.90 Å². The highest BCUT2D eigenvalue weighted by molar-refractivity contribution is 6.34. The number of imide groups is 1. The van der Waals surface area contributed by atoms with Gasteiger partial charge in [-0.05, 0) is 55.5 Å². The Hall–Kier alpha value is -4.93. The average Bonchev–Trinajstić information content (AvgIpc) is 3.03. The summed E-state index contributed by atoms with van der Waals surface area (Å²) in [5, 5.41) is 22.2. The van der Waals surface area contributed by atoms with Crippen LogP contribution >= 0.6 is 0 Å². The van der Waals surface area contributed by atoms with Gasteiger partial charge in [0.1, 0.15) is 5.75 Å². The van der Waals surface area contributed by atoms with E-state index >= 15 is 0 Å². The number of carbonyl (C=O) groups is 3. The van der Waals surface area contributed by atoms with Crippen LogP contribution in [0.1, 0.15) is 38.0 Å². The molecule has 0 saturated heterocycles. The molecule has 2 amide bonds. The predicted molar refractivity (Wildman–Crippen MR) is 114 cm³/mol. The van der Waals surface area contributed by atoms with E-state index in [4.69, 9.17) is 4.74 Å². The van der Waals surface area contributed by atoms with Crippen LogP contribution in [-0.2, 0) is 0 Å². The number of carbonyl (C=O) groups excluding carboxylic acids is 3. The highest BCUT2D eigenvalue weighted by Crippen LogP contribution is 2.36. The van der Waals surface area contributed by atoms with Crippen LogP contribution in [0.15, 0.2) is 60.7 Å². The number of nitro groups is 2. The van der Waals surface area contributed by atoms with E-state index in [2.05, 4.69) is 0 Å². The molecular weight excluding hydrogens is 434 g/mol. The molecule has 11 nitrogen and oxygen atoms in total. The number of ketones is 1. The minimum absolute atomic E-state index is 0.0257. The van der Waals surface area contributed by atoms with Crippen LogP contribution < -0.4 is 9.64 Å². The van der Waals surface area contributed by atoms with Gasteiger partial charge in [0, 0.05) is 11.6 Å². The quantitative estimate of drug-likeness (QED) is 0.235. The zero-order valence-corrected chi connectivity index (χ0v) is 16.9. The largest absolute Gasteiger partial charge is 0.450 e. The molecule has 0 saturated carbocycles. The predicted octanol–water partition coefficient (Wildman–Crippen LogP) is 4.30. The maximum absolute atomic E-state index is 12.9.